The third kappa shape index (κ3) is 3.66. The second kappa shape index (κ2) is 7.03. The topological polar surface area (TPSA) is 99.2 Å². The lowest BCUT2D eigenvalue weighted by Gasteiger charge is -2.11. The molecule has 1 saturated heterocycles. The number of carbonyl (C=O) groups is 1. The van der Waals surface area contributed by atoms with Crippen molar-refractivity contribution < 1.29 is 9.90 Å². The molecular formula is C15H19N5O2S. The van der Waals surface area contributed by atoms with Crippen LogP contribution in [0.2, 0.25) is 0 Å². The van der Waals surface area contributed by atoms with Gasteiger partial charge in [-0.05, 0) is 18.9 Å². The molecule has 4 N–H and O–H groups in total. The Labute approximate surface area is 138 Å². The summed E-state index contributed by atoms with van der Waals surface area (Å²) in [6.45, 7) is 2.41. The molecule has 1 aliphatic rings. The minimum atomic E-state index is -0.349. The van der Waals surface area contributed by atoms with E-state index in [9.17, 15) is 9.90 Å². The number of rotatable bonds is 5. The van der Waals surface area contributed by atoms with Gasteiger partial charge in [-0.25, -0.2) is 10.9 Å². The van der Waals surface area contributed by atoms with Gasteiger partial charge in [-0.2, -0.15) is 0 Å². The van der Waals surface area contributed by atoms with E-state index in [1.165, 1.54) is 11.3 Å². The van der Waals surface area contributed by atoms with Crippen LogP contribution >= 0.6 is 11.3 Å². The summed E-state index contributed by atoms with van der Waals surface area (Å²) in [4.78, 5) is 12.2. The van der Waals surface area contributed by atoms with Gasteiger partial charge in [-0.15, -0.1) is 10.2 Å². The van der Waals surface area contributed by atoms with Gasteiger partial charge in [0.15, 0.2) is 0 Å². The van der Waals surface area contributed by atoms with Gasteiger partial charge in [-0.1, -0.05) is 36.5 Å². The van der Waals surface area contributed by atoms with Crippen molar-refractivity contribution in [3.8, 4) is 5.75 Å². The lowest BCUT2D eigenvalue weighted by atomic mass is 10.0. The molecule has 0 aliphatic carbocycles. The van der Waals surface area contributed by atoms with E-state index in [2.05, 4.69) is 26.4 Å². The second-order valence-electron chi connectivity index (χ2n) is 5.35. The lowest BCUT2D eigenvalue weighted by Crippen LogP contribution is -2.42. The Balaban J connectivity index is 1.54. The van der Waals surface area contributed by atoms with Crippen molar-refractivity contribution in [3.63, 3.8) is 0 Å². The zero-order chi connectivity index (χ0) is 16.2. The highest BCUT2D eigenvalue weighted by Crippen LogP contribution is 2.29. The maximum Gasteiger partial charge on any atom is 0.238 e. The average Bonchev–Trinajstić information content (AvgIpc) is 3.22. The standard InChI is InChI=1S/C15H19N5O2S/c1-2-13-19-20-14(23-13)8-16-15(22)11-7-10(17-18-11)9-5-3-4-6-12(9)21/h3-6,10-11,17-18,21H,2,7-8H2,1H3,(H,16,22). The number of phenolic OH excluding ortho intramolecular Hbond substituents is 1. The second-order valence-corrected chi connectivity index (χ2v) is 6.50. The fourth-order valence-corrected chi connectivity index (χ4v) is 3.23. The summed E-state index contributed by atoms with van der Waals surface area (Å²) >= 11 is 1.51. The van der Waals surface area contributed by atoms with E-state index in [0.717, 1.165) is 22.0 Å². The Kier molecular flexibility index (Phi) is 4.85. The van der Waals surface area contributed by atoms with Crippen LogP contribution in [-0.4, -0.2) is 27.3 Å². The van der Waals surface area contributed by atoms with Crippen molar-refractivity contribution in [2.75, 3.05) is 0 Å². The number of hydrogen-bond acceptors (Lipinski definition) is 7. The van der Waals surface area contributed by atoms with Crippen LogP contribution in [0.4, 0.5) is 0 Å². The van der Waals surface area contributed by atoms with E-state index in [1.54, 1.807) is 12.1 Å². The molecule has 2 heterocycles. The molecule has 2 unspecified atom stereocenters. The van der Waals surface area contributed by atoms with Gasteiger partial charge >= 0.3 is 0 Å². The van der Waals surface area contributed by atoms with E-state index in [1.807, 2.05) is 19.1 Å². The predicted octanol–water partition coefficient (Wildman–Crippen LogP) is 1.03. The highest BCUT2D eigenvalue weighted by molar-refractivity contribution is 7.11. The number of benzene rings is 1. The van der Waals surface area contributed by atoms with E-state index < -0.39 is 0 Å². The predicted molar refractivity (Wildman–Crippen MR) is 86.7 cm³/mol. The minimum absolute atomic E-state index is 0.0938. The first kappa shape index (κ1) is 15.9. The smallest absolute Gasteiger partial charge is 0.238 e. The van der Waals surface area contributed by atoms with E-state index in [0.29, 0.717) is 13.0 Å². The SMILES string of the molecule is CCc1nnc(CNC(=O)C2CC(c3ccccc3O)NN2)s1. The van der Waals surface area contributed by atoms with Gasteiger partial charge in [0.05, 0.1) is 12.6 Å². The lowest BCUT2D eigenvalue weighted by molar-refractivity contribution is -0.123. The number of aromatic nitrogens is 2. The molecule has 1 aromatic heterocycles. The summed E-state index contributed by atoms with van der Waals surface area (Å²) in [6.07, 6.45) is 1.42. The van der Waals surface area contributed by atoms with Gasteiger partial charge < -0.3 is 10.4 Å². The van der Waals surface area contributed by atoms with Crippen molar-refractivity contribution >= 4 is 17.2 Å². The Morgan fingerprint density at radius 1 is 1.35 bits per heavy atom. The van der Waals surface area contributed by atoms with Gasteiger partial charge in [0.2, 0.25) is 5.91 Å². The molecular weight excluding hydrogens is 314 g/mol. The fraction of sp³-hybridized carbons (Fsp3) is 0.400. The number of carbonyl (C=O) groups excluding carboxylic acids is 1. The number of nitrogens with zero attached hydrogens (tertiary/aromatic N) is 2. The number of hydrazine groups is 1. The normalized spacial score (nSPS) is 20.6. The first-order chi connectivity index (χ1) is 11.2. The number of aryl methyl sites for hydroxylation is 1. The zero-order valence-corrected chi connectivity index (χ0v) is 13.6. The zero-order valence-electron chi connectivity index (χ0n) is 12.7. The van der Waals surface area contributed by atoms with Gasteiger partial charge in [0, 0.05) is 5.56 Å². The van der Waals surface area contributed by atoms with Crippen LogP contribution in [0.3, 0.4) is 0 Å². The molecule has 7 nitrogen and oxygen atoms in total. The van der Waals surface area contributed by atoms with Gasteiger partial charge in [0.1, 0.15) is 21.8 Å². The molecule has 8 heteroatoms. The summed E-state index contributed by atoms with van der Waals surface area (Å²) in [5.74, 6) is 0.137. The number of phenols is 1. The van der Waals surface area contributed by atoms with Crippen LogP contribution in [0.25, 0.3) is 0 Å². The van der Waals surface area contributed by atoms with Crippen molar-refractivity contribution in [2.45, 2.75) is 38.4 Å². The number of hydrogen-bond donors (Lipinski definition) is 4. The fourth-order valence-electron chi connectivity index (χ4n) is 2.50. The first-order valence-electron chi connectivity index (χ1n) is 7.55. The maximum absolute atomic E-state index is 12.2. The summed E-state index contributed by atoms with van der Waals surface area (Å²) in [7, 11) is 0. The molecule has 0 radical (unpaired) electrons. The maximum atomic E-state index is 12.2. The molecule has 0 spiro atoms. The molecule has 1 aliphatic heterocycles. The number of aromatic hydroxyl groups is 1. The monoisotopic (exact) mass is 333 g/mol. The number of nitrogens with one attached hydrogen (secondary N) is 3. The number of amides is 1. The highest BCUT2D eigenvalue weighted by atomic mass is 32.1. The van der Waals surface area contributed by atoms with E-state index >= 15 is 0 Å². The Hall–Kier alpha value is -2.03. The van der Waals surface area contributed by atoms with Crippen LogP contribution in [0.5, 0.6) is 5.75 Å². The first-order valence-corrected chi connectivity index (χ1v) is 8.37. The van der Waals surface area contributed by atoms with Crippen LogP contribution in [0, 0.1) is 0 Å². The van der Waals surface area contributed by atoms with Crippen molar-refractivity contribution in [2.24, 2.45) is 0 Å². The van der Waals surface area contributed by atoms with Gasteiger partial charge in [-0.3, -0.25) is 4.79 Å². The third-order valence-corrected chi connectivity index (χ3v) is 4.82. The molecule has 1 aromatic carbocycles. The van der Waals surface area contributed by atoms with Gasteiger partial charge in [0.25, 0.3) is 0 Å². The largest absolute Gasteiger partial charge is 0.508 e. The molecule has 122 valence electrons. The quantitative estimate of drug-likeness (QED) is 0.652. The average molecular weight is 333 g/mol. The summed E-state index contributed by atoms with van der Waals surface area (Å²) in [6, 6.07) is 6.69. The van der Waals surface area contributed by atoms with E-state index in [-0.39, 0.29) is 23.7 Å². The molecule has 0 bridgehead atoms. The highest BCUT2D eigenvalue weighted by Gasteiger charge is 2.31. The van der Waals surface area contributed by atoms with E-state index in [4.69, 9.17) is 0 Å². The number of para-hydroxylation sites is 1. The molecule has 23 heavy (non-hydrogen) atoms. The molecule has 2 aromatic rings. The molecule has 3 rings (SSSR count). The van der Waals surface area contributed by atoms with Crippen molar-refractivity contribution in [3.05, 3.63) is 39.8 Å². The summed E-state index contributed by atoms with van der Waals surface area (Å²) < 4.78 is 0. The van der Waals surface area contributed by atoms with Crippen molar-refractivity contribution in [1.82, 2.24) is 26.4 Å². The Morgan fingerprint density at radius 3 is 2.87 bits per heavy atom. The Bertz CT molecular complexity index is 690. The van der Waals surface area contributed by atoms with Crippen LogP contribution in [0.15, 0.2) is 24.3 Å². The summed E-state index contributed by atoms with van der Waals surface area (Å²) in [5.41, 5.74) is 6.82. The van der Waals surface area contributed by atoms with Crippen molar-refractivity contribution in [1.29, 1.82) is 0 Å². The third-order valence-electron chi connectivity index (χ3n) is 3.76. The summed E-state index contributed by atoms with van der Waals surface area (Å²) in [5, 5.41) is 22.6. The van der Waals surface area contributed by atoms with Crippen LogP contribution in [-0.2, 0) is 17.8 Å². The van der Waals surface area contributed by atoms with Crippen LogP contribution in [0.1, 0.15) is 35.0 Å². The molecule has 2 atom stereocenters. The molecule has 0 saturated carbocycles. The molecule has 1 amide bonds. The molecule has 1 fully saturated rings. The minimum Gasteiger partial charge on any atom is -0.508 e. The van der Waals surface area contributed by atoms with Crippen LogP contribution < -0.4 is 16.2 Å². The Morgan fingerprint density at radius 2 is 2.13 bits per heavy atom.